The standard InChI is InChI=1S/C24H21ClN4O2/c25-20-3-1-16(2-4-20)18-11-19(15-27-14-18)24(31)28-21-5-6-23(17(12-21)13-26)29-9-7-22(30)8-10-29/h1-6,11-12,14-15,22,30H,7-10H2,(H,28,31). The molecule has 2 N–H and O–H groups in total. The Hall–Kier alpha value is -3.40. The Labute approximate surface area is 185 Å². The van der Waals surface area contributed by atoms with Gasteiger partial charge in [-0.15, -0.1) is 0 Å². The van der Waals surface area contributed by atoms with Gasteiger partial charge in [-0.2, -0.15) is 5.26 Å². The van der Waals surface area contributed by atoms with Crippen molar-refractivity contribution >= 4 is 28.9 Å². The van der Waals surface area contributed by atoms with Crippen LogP contribution in [0.15, 0.2) is 60.9 Å². The number of pyridine rings is 1. The molecule has 0 spiro atoms. The molecule has 0 bridgehead atoms. The van der Waals surface area contributed by atoms with Gasteiger partial charge in [-0.25, -0.2) is 0 Å². The number of anilines is 2. The Balaban J connectivity index is 1.51. The van der Waals surface area contributed by atoms with E-state index in [-0.39, 0.29) is 12.0 Å². The lowest BCUT2D eigenvalue weighted by Crippen LogP contribution is -2.36. The van der Waals surface area contributed by atoms with Crippen LogP contribution in [0.4, 0.5) is 11.4 Å². The number of carbonyl (C=O) groups is 1. The highest BCUT2D eigenvalue weighted by Crippen LogP contribution is 2.27. The summed E-state index contributed by atoms with van der Waals surface area (Å²) in [7, 11) is 0. The van der Waals surface area contributed by atoms with Crippen molar-refractivity contribution in [3.63, 3.8) is 0 Å². The molecule has 6 nitrogen and oxygen atoms in total. The number of aliphatic hydroxyl groups is 1. The number of carbonyl (C=O) groups excluding carboxylic acids is 1. The van der Waals surface area contributed by atoms with Crippen LogP contribution in [0.1, 0.15) is 28.8 Å². The van der Waals surface area contributed by atoms with Crippen LogP contribution >= 0.6 is 11.6 Å². The van der Waals surface area contributed by atoms with Crippen LogP contribution in [0.25, 0.3) is 11.1 Å². The molecule has 0 aliphatic carbocycles. The first-order valence-electron chi connectivity index (χ1n) is 10.0. The third-order valence-corrected chi connectivity index (χ3v) is 5.61. The monoisotopic (exact) mass is 432 g/mol. The minimum absolute atomic E-state index is 0.280. The van der Waals surface area contributed by atoms with Gasteiger partial charge >= 0.3 is 0 Å². The molecule has 0 unspecified atom stereocenters. The van der Waals surface area contributed by atoms with E-state index in [0.29, 0.717) is 47.8 Å². The van der Waals surface area contributed by atoms with Crippen molar-refractivity contribution in [2.45, 2.75) is 18.9 Å². The van der Waals surface area contributed by atoms with Crippen molar-refractivity contribution in [1.29, 1.82) is 5.26 Å². The third-order valence-electron chi connectivity index (χ3n) is 5.36. The molecule has 1 saturated heterocycles. The summed E-state index contributed by atoms with van der Waals surface area (Å²) in [5, 5.41) is 22.8. The fourth-order valence-electron chi connectivity index (χ4n) is 3.65. The van der Waals surface area contributed by atoms with Crippen LogP contribution in [0.5, 0.6) is 0 Å². The van der Waals surface area contributed by atoms with Gasteiger partial charge in [-0.05, 0) is 54.8 Å². The number of rotatable bonds is 4. The van der Waals surface area contributed by atoms with Crippen molar-refractivity contribution < 1.29 is 9.90 Å². The van der Waals surface area contributed by atoms with Crippen molar-refractivity contribution in [2.24, 2.45) is 0 Å². The second-order valence-corrected chi connectivity index (χ2v) is 7.92. The number of nitriles is 1. The maximum absolute atomic E-state index is 12.8. The number of amides is 1. The highest BCUT2D eigenvalue weighted by Gasteiger charge is 2.20. The molecule has 1 fully saturated rings. The van der Waals surface area contributed by atoms with Gasteiger partial charge in [0.25, 0.3) is 5.91 Å². The average molecular weight is 433 g/mol. The van der Waals surface area contributed by atoms with E-state index in [1.165, 1.54) is 6.20 Å². The Morgan fingerprint density at radius 2 is 1.84 bits per heavy atom. The normalized spacial score (nSPS) is 14.2. The van der Waals surface area contributed by atoms with Crippen LogP contribution in [0.2, 0.25) is 5.02 Å². The highest BCUT2D eigenvalue weighted by atomic mass is 35.5. The number of piperidine rings is 1. The summed E-state index contributed by atoms with van der Waals surface area (Å²) in [4.78, 5) is 19.1. The zero-order valence-electron chi connectivity index (χ0n) is 16.8. The van der Waals surface area contributed by atoms with Gasteiger partial charge in [0.2, 0.25) is 0 Å². The van der Waals surface area contributed by atoms with Crippen LogP contribution in [0, 0.1) is 11.3 Å². The predicted molar refractivity (Wildman–Crippen MR) is 121 cm³/mol. The second kappa shape index (κ2) is 9.17. The number of hydrogen-bond donors (Lipinski definition) is 2. The van der Waals surface area contributed by atoms with Crippen LogP contribution in [-0.2, 0) is 0 Å². The summed E-state index contributed by atoms with van der Waals surface area (Å²) >= 11 is 5.95. The van der Waals surface area contributed by atoms with Gasteiger partial charge in [-0.1, -0.05) is 23.7 Å². The van der Waals surface area contributed by atoms with Crippen molar-refractivity contribution in [3.8, 4) is 17.2 Å². The highest BCUT2D eigenvalue weighted by molar-refractivity contribution is 6.30. The summed E-state index contributed by atoms with van der Waals surface area (Å²) in [6.45, 7) is 1.40. The summed E-state index contributed by atoms with van der Waals surface area (Å²) in [6, 6.07) is 16.6. The molecule has 0 atom stereocenters. The number of hydrogen-bond acceptors (Lipinski definition) is 5. The van der Waals surface area contributed by atoms with E-state index in [4.69, 9.17) is 11.6 Å². The molecule has 2 aromatic carbocycles. The maximum Gasteiger partial charge on any atom is 0.257 e. The topological polar surface area (TPSA) is 89.2 Å². The third kappa shape index (κ3) is 4.85. The van der Waals surface area contributed by atoms with E-state index in [1.54, 1.807) is 36.5 Å². The van der Waals surface area contributed by atoms with E-state index in [9.17, 15) is 15.2 Å². The van der Waals surface area contributed by atoms with E-state index >= 15 is 0 Å². The summed E-state index contributed by atoms with van der Waals surface area (Å²) < 4.78 is 0. The average Bonchev–Trinajstić information content (AvgIpc) is 2.80. The number of benzene rings is 2. The van der Waals surface area contributed by atoms with Crippen molar-refractivity contribution in [3.05, 3.63) is 77.1 Å². The SMILES string of the molecule is N#Cc1cc(NC(=O)c2cncc(-c3ccc(Cl)cc3)c2)ccc1N1CCC(O)CC1. The summed E-state index contributed by atoms with van der Waals surface area (Å²) in [5.41, 5.74) is 3.99. The smallest absolute Gasteiger partial charge is 0.257 e. The van der Waals surface area contributed by atoms with Gasteiger partial charge in [0.1, 0.15) is 6.07 Å². The molecule has 1 aliphatic rings. The lowest BCUT2D eigenvalue weighted by molar-refractivity contribution is 0.102. The Kier molecular flexibility index (Phi) is 6.17. The van der Waals surface area contributed by atoms with Gasteiger partial charge in [0.15, 0.2) is 0 Å². The van der Waals surface area contributed by atoms with Crippen LogP contribution in [0.3, 0.4) is 0 Å². The molecule has 3 aromatic rings. The number of aliphatic hydroxyl groups excluding tert-OH is 1. The zero-order chi connectivity index (χ0) is 21.8. The second-order valence-electron chi connectivity index (χ2n) is 7.49. The first-order chi connectivity index (χ1) is 15.0. The van der Waals surface area contributed by atoms with Crippen LogP contribution < -0.4 is 10.2 Å². The van der Waals surface area contributed by atoms with E-state index < -0.39 is 0 Å². The molecule has 0 saturated carbocycles. The zero-order valence-corrected chi connectivity index (χ0v) is 17.5. The van der Waals surface area contributed by atoms with E-state index in [1.807, 2.05) is 18.2 Å². The Morgan fingerprint density at radius 1 is 1.10 bits per heavy atom. The molecular formula is C24H21ClN4O2. The summed E-state index contributed by atoms with van der Waals surface area (Å²) in [5.74, 6) is -0.305. The molecule has 1 aromatic heterocycles. The lowest BCUT2D eigenvalue weighted by atomic mass is 10.0. The predicted octanol–water partition coefficient (Wildman–Crippen LogP) is 4.49. The molecule has 7 heteroatoms. The fourth-order valence-corrected chi connectivity index (χ4v) is 3.78. The van der Waals surface area contributed by atoms with E-state index in [0.717, 1.165) is 16.8 Å². The quantitative estimate of drug-likeness (QED) is 0.634. The number of nitrogens with zero attached hydrogens (tertiary/aromatic N) is 3. The molecule has 1 amide bonds. The molecule has 2 heterocycles. The molecular weight excluding hydrogens is 412 g/mol. The number of aromatic nitrogens is 1. The molecule has 31 heavy (non-hydrogen) atoms. The van der Waals surface area contributed by atoms with Gasteiger partial charge < -0.3 is 15.3 Å². The molecule has 1 aliphatic heterocycles. The summed E-state index contributed by atoms with van der Waals surface area (Å²) in [6.07, 6.45) is 4.28. The Bertz CT molecular complexity index is 1130. The maximum atomic E-state index is 12.8. The molecule has 4 rings (SSSR count). The van der Waals surface area contributed by atoms with Crippen LogP contribution in [-0.4, -0.2) is 35.2 Å². The van der Waals surface area contributed by atoms with Gasteiger partial charge in [0.05, 0.1) is 22.9 Å². The van der Waals surface area contributed by atoms with E-state index in [2.05, 4.69) is 21.3 Å². The first-order valence-corrected chi connectivity index (χ1v) is 10.4. The minimum Gasteiger partial charge on any atom is -0.393 e. The molecule has 0 radical (unpaired) electrons. The van der Waals surface area contributed by atoms with Gasteiger partial charge in [-0.3, -0.25) is 9.78 Å². The van der Waals surface area contributed by atoms with Crippen molar-refractivity contribution in [1.82, 2.24) is 4.98 Å². The number of nitrogens with one attached hydrogen (secondary N) is 1. The largest absolute Gasteiger partial charge is 0.393 e. The van der Waals surface area contributed by atoms with Crippen molar-refractivity contribution in [2.75, 3.05) is 23.3 Å². The lowest BCUT2D eigenvalue weighted by Gasteiger charge is -2.32. The number of halogens is 1. The fraction of sp³-hybridized carbons (Fsp3) is 0.208. The first kappa shape index (κ1) is 20.9. The Morgan fingerprint density at radius 3 is 2.55 bits per heavy atom. The molecule has 156 valence electrons. The van der Waals surface area contributed by atoms with Gasteiger partial charge in [0, 0.05) is 41.8 Å². The minimum atomic E-state index is -0.305.